The Morgan fingerprint density at radius 1 is 0.935 bits per heavy atom. The molecule has 170 valence electrons. The molecule has 0 saturated heterocycles. The fourth-order valence-electron chi connectivity index (χ4n) is 2.43. The highest BCUT2D eigenvalue weighted by Gasteiger charge is 2.46. The minimum atomic E-state index is -5.49. The predicted molar refractivity (Wildman–Crippen MR) is 107 cm³/mol. The second-order valence-electron chi connectivity index (χ2n) is 6.92. The summed E-state index contributed by atoms with van der Waals surface area (Å²) in [5, 5.41) is 2.53. The fraction of sp³-hybridized carbons (Fsp3) is 0.316. The first kappa shape index (κ1) is 24.8. The molecule has 0 fully saturated rings. The molecular weight excluding hydrogens is 457 g/mol. The number of hydrogen-bond acceptors (Lipinski definition) is 5. The number of rotatable bonds is 7. The molecule has 1 N–H and O–H groups in total. The lowest BCUT2D eigenvalue weighted by molar-refractivity contribution is -0.0436. The highest BCUT2D eigenvalue weighted by molar-refractivity contribution is 7.92. The number of nitrogens with one attached hydrogen (secondary N) is 1. The van der Waals surface area contributed by atoms with Gasteiger partial charge in [0.1, 0.15) is 0 Å². The Bertz CT molecular complexity index is 1140. The minimum Gasteiger partial charge on any atom is -0.348 e. The van der Waals surface area contributed by atoms with Crippen molar-refractivity contribution in [1.82, 2.24) is 9.62 Å². The van der Waals surface area contributed by atoms with E-state index in [1.165, 1.54) is 35.6 Å². The summed E-state index contributed by atoms with van der Waals surface area (Å²) in [7, 11) is -7.65. The molecule has 0 spiro atoms. The SMILES string of the molecule is CC(C)N(C)S(=O)(=O)c1ccc(CNC(=O)c2ccc(S(=O)(=O)C(F)(F)F)cc2)cc1. The standard InChI is InChI=1S/C19H21F3N2O5S2/c1-13(2)24(3)31(28,29)17-8-4-14(5-9-17)12-23-18(25)15-6-10-16(11-7-15)30(26,27)19(20,21)22/h4-11,13H,12H2,1-3H3,(H,23,25). The van der Waals surface area contributed by atoms with E-state index in [2.05, 4.69) is 5.32 Å². The van der Waals surface area contributed by atoms with E-state index in [4.69, 9.17) is 0 Å². The summed E-state index contributed by atoms with van der Waals surface area (Å²) >= 11 is 0. The summed E-state index contributed by atoms with van der Waals surface area (Å²) in [6, 6.07) is 9.03. The van der Waals surface area contributed by atoms with Gasteiger partial charge < -0.3 is 5.32 Å². The average Bonchev–Trinajstić information content (AvgIpc) is 2.70. The zero-order valence-electron chi connectivity index (χ0n) is 16.8. The molecular formula is C19H21F3N2O5S2. The highest BCUT2D eigenvalue weighted by atomic mass is 32.2. The van der Waals surface area contributed by atoms with Gasteiger partial charge in [0.2, 0.25) is 10.0 Å². The van der Waals surface area contributed by atoms with Crippen LogP contribution in [-0.4, -0.2) is 45.6 Å². The van der Waals surface area contributed by atoms with Crippen molar-refractivity contribution in [3.05, 3.63) is 59.7 Å². The summed E-state index contributed by atoms with van der Waals surface area (Å²) in [6.45, 7) is 3.51. The number of benzene rings is 2. The Morgan fingerprint density at radius 3 is 1.87 bits per heavy atom. The lowest BCUT2D eigenvalue weighted by Crippen LogP contribution is -2.33. The van der Waals surface area contributed by atoms with E-state index in [9.17, 15) is 34.8 Å². The molecule has 2 aromatic carbocycles. The van der Waals surface area contributed by atoms with Crippen LogP contribution in [-0.2, 0) is 26.4 Å². The lowest BCUT2D eigenvalue weighted by Gasteiger charge is -2.21. The third-order valence-electron chi connectivity index (χ3n) is 4.51. The molecule has 7 nitrogen and oxygen atoms in total. The zero-order chi connectivity index (χ0) is 23.6. The van der Waals surface area contributed by atoms with Crippen molar-refractivity contribution >= 4 is 25.8 Å². The largest absolute Gasteiger partial charge is 0.501 e. The average molecular weight is 479 g/mol. The minimum absolute atomic E-state index is 0.0288. The molecule has 0 aliphatic rings. The van der Waals surface area contributed by atoms with Crippen molar-refractivity contribution < 1.29 is 34.8 Å². The van der Waals surface area contributed by atoms with Gasteiger partial charge in [-0.3, -0.25) is 4.79 Å². The van der Waals surface area contributed by atoms with Crippen molar-refractivity contribution in [3.8, 4) is 0 Å². The molecule has 0 atom stereocenters. The van der Waals surface area contributed by atoms with E-state index >= 15 is 0 Å². The van der Waals surface area contributed by atoms with Crippen molar-refractivity contribution in [1.29, 1.82) is 0 Å². The number of amides is 1. The van der Waals surface area contributed by atoms with Crippen molar-refractivity contribution in [2.45, 2.75) is 41.7 Å². The lowest BCUT2D eigenvalue weighted by atomic mass is 10.2. The number of nitrogens with zero attached hydrogens (tertiary/aromatic N) is 1. The molecule has 0 heterocycles. The third kappa shape index (κ3) is 5.43. The molecule has 31 heavy (non-hydrogen) atoms. The van der Waals surface area contributed by atoms with Crippen LogP contribution in [0.2, 0.25) is 0 Å². The highest BCUT2D eigenvalue weighted by Crippen LogP contribution is 2.30. The van der Waals surface area contributed by atoms with Crippen molar-refractivity contribution in [2.24, 2.45) is 0 Å². The van der Waals surface area contributed by atoms with Gasteiger partial charge in [-0.05, 0) is 55.8 Å². The molecule has 2 rings (SSSR count). The van der Waals surface area contributed by atoms with Crippen LogP contribution in [0, 0.1) is 0 Å². The molecule has 12 heteroatoms. The Morgan fingerprint density at radius 2 is 1.42 bits per heavy atom. The summed E-state index contributed by atoms with van der Waals surface area (Å²) < 4.78 is 86.5. The van der Waals surface area contributed by atoms with E-state index in [1.807, 2.05) is 0 Å². The summed E-state index contributed by atoms with van der Waals surface area (Å²) in [6.07, 6.45) is 0. The van der Waals surface area contributed by atoms with E-state index in [0.29, 0.717) is 17.7 Å². The van der Waals surface area contributed by atoms with E-state index < -0.39 is 36.2 Å². The van der Waals surface area contributed by atoms with Gasteiger partial charge in [0, 0.05) is 25.2 Å². The number of halogens is 3. The van der Waals surface area contributed by atoms with Crippen LogP contribution in [0.1, 0.15) is 29.8 Å². The Hall–Kier alpha value is -2.44. The van der Waals surface area contributed by atoms with Gasteiger partial charge in [0.25, 0.3) is 15.7 Å². The Balaban J connectivity index is 2.07. The Labute approximate surface area is 178 Å². The van der Waals surface area contributed by atoms with E-state index in [0.717, 1.165) is 12.1 Å². The molecule has 0 aliphatic carbocycles. The summed E-state index contributed by atoms with van der Waals surface area (Å²) in [4.78, 5) is 11.3. The van der Waals surface area contributed by atoms with Gasteiger partial charge in [0.05, 0.1) is 9.79 Å². The van der Waals surface area contributed by atoms with Crippen LogP contribution in [0.25, 0.3) is 0 Å². The van der Waals surface area contributed by atoms with Gasteiger partial charge in [0.15, 0.2) is 0 Å². The molecule has 1 amide bonds. The number of carbonyl (C=O) groups is 1. The number of hydrogen-bond donors (Lipinski definition) is 1. The molecule has 2 aromatic rings. The van der Waals surface area contributed by atoms with Crippen LogP contribution in [0.15, 0.2) is 58.3 Å². The van der Waals surface area contributed by atoms with Crippen molar-refractivity contribution in [2.75, 3.05) is 7.05 Å². The van der Waals surface area contributed by atoms with Gasteiger partial charge >= 0.3 is 5.51 Å². The fourth-order valence-corrected chi connectivity index (χ4v) is 4.56. The molecule has 0 radical (unpaired) electrons. The van der Waals surface area contributed by atoms with Crippen LogP contribution in [0.3, 0.4) is 0 Å². The monoisotopic (exact) mass is 478 g/mol. The first-order valence-electron chi connectivity index (χ1n) is 8.94. The van der Waals surface area contributed by atoms with Crippen LogP contribution in [0.4, 0.5) is 13.2 Å². The number of sulfone groups is 1. The second kappa shape index (κ2) is 8.97. The Kier molecular flexibility index (Phi) is 7.18. The number of sulfonamides is 1. The van der Waals surface area contributed by atoms with Gasteiger partial charge in [-0.2, -0.15) is 17.5 Å². The van der Waals surface area contributed by atoms with Crippen LogP contribution >= 0.6 is 0 Å². The van der Waals surface area contributed by atoms with Gasteiger partial charge in [-0.25, -0.2) is 16.8 Å². The van der Waals surface area contributed by atoms with E-state index in [1.54, 1.807) is 13.8 Å². The molecule has 0 aromatic heterocycles. The van der Waals surface area contributed by atoms with Gasteiger partial charge in [-0.1, -0.05) is 12.1 Å². The first-order chi connectivity index (χ1) is 14.2. The third-order valence-corrected chi connectivity index (χ3v) is 8.06. The number of carbonyl (C=O) groups excluding carboxylic acids is 1. The normalized spacial score (nSPS) is 12.9. The van der Waals surface area contributed by atoms with E-state index in [-0.39, 0.29) is 23.0 Å². The van der Waals surface area contributed by atoms with Crippen LogP contribution in [0.5, 0.6) is 0 Å². The van der Waals surface area contributed by atoms with Gasteiger partial charge in [-0.15, -0.1) is 0 Å². The molecule has 0 aliphatic heterocycles. The first-order valence-corrected chi connectivity index (χ1v) is 11.9. The maximum absolute atomic E-state index is 12.6. The summed E-state index contributed by atoms with van der Waals surface area (Å²) in [5.41, 5.74) is -4.87. The molecule has 0 saturated carbocycles. The molecule has 0 bridgehead atoms. The smallest absolute Gasteiger partial charge is 0.348 e. The number of alkyl halides is 3. The maximum atomic E-state index is 12.6. The predicted octanol–water partition coefficient (Wildman–Crippen LogP) is 2.94. The maximum Gasteiger partial charge on any atom is 0.501 e. The second-order valence-corrected chi connectivity index (χ2v) is 10.9. The van der Waals surface area contributed by atoms with Crippen molar-refractivity contribution in [3.63, 3.8) is 0 Å². The summed E-state index contributed by atoms with van der Waals surface area (Å²) in [5.74, 6) is -0.632. The van der Waals surface area contributed by atoms with Crippen LogP contribution < -0.4 is 5.32 Å². The zero-order valence-corrected chi connectivity index (χ0v) is 18.5. The quantitative estimate of drug-likeness (QED) is 0.660. The topological polar surface area (TPSA) is 101 Å². The molecule has 0 unspecified atom stereocenters.